The summed E-state index contributed by atoms with van der Waals surface area (Å²) in [6.07, 6.45) is 0. The van der Waals surface area contributed by atoms with Crippen molar-refractivity contribution in [2.75, 3.05) is 13.2 Å². The molecule has 4 aromatic rings. The third-order valence-electron chi connectivity index (χ3n) is 3.84. The van der Waals surface area contributed by atoms with Crippen LogP contribution in [0, 0.1) is 0 Å². The summed E-state index contributed by atoms with van der Waals surface area (Å²) < 4.78 is 15.7. The monoisotopic (exact) mass is 330 g/mol. The maximum Gasteiger partial charge on any atom is 0.162 e. The van der Waals surface area contributed by atoms with Crippen molar-refractivity contribution < 1.29 is 19.7 Å². The predicted octanol–water partition coefficient (Wildman–Crippen LogP) is 4.45. The lowest BCUT2D eigenvalue weighted by Crippen LogP contribution is -2.14. The number of thiophene rings is 2. The van der Waals surface area contributed by atoms with Crippen molar-refractivity contribution in [2.45, 2.75) is 0 Å². The van der Waals surface area contributed by atoms with Crippen molar-refractivity contribution in [2.24, 2.45) is 0 Å². The molecule has 0 saturated carbocycles. The van der Waals surface area contributed by atoms with Crippen LogP contribution in [-0.4, -0.2) is 23.4 Å². The maximum atomic E-state index is 9.76. The van der Waals surface area contributed by atoms with Crippen molar-refractivity contribution in [1.29, 1.82) is 0 Å². The van der Waals surface area contributed by atoms with Crippen LogP contribution in [0.5, 0.6) is 23.0 Å². The van der Waals surface area contributed by atoms with Crippen molar-refractivity contribution in [3.8, 4) is 23.0 Å². The molecular formula is C16H10O4S2. The Morgan fingerprint density at radius 2 is 1.27 bits per heavy atom. The summed E-state index contributed by atoms with van der Waals surface area (Å²) in [7, 11) is 0. The fourth-order valence-electron chi connectivity index (χ4n) is 2.82. The molecule has 2 N–H and O–H groups in total. The van der Waals surface area contributed by atoms with Crippen molar-refractivity contribution in [3.63, 3.8) is 0 Å². The van der Waals surface area contributed by atoms with Gasteiger partial charge in [0.25, 0.3) is 0 Å². The number of phenols is 2. The molecule has 3 heterocycles. The summed E-state index contributed by atoms with van der Waals surface area (Å²) in [5.41, 5.74) is 0. The molecule has 0 unspecified atom stereocenters. The molecule has 0 bridgehead atoms. The van der Waals surface area contributed by atoms with Gasteiger partial charge in [0.15, 0.2) is 23.0 Å². The van der Waals surface area contributed by atoms with Gasteiger partial charge in [0.05, 0.1) is 9.40 Å². The van der Waals surface area contributed by atoms with Crippen LogP contribution >= 0.6 is 22.7 Å². The molecule has 4 nitrogen and oxygen atoms in total. The third kappa shape index (κ3) is 1.56. The molecule has 110 valence electrons. The summed E-state index contributed by atoms with van der Waals surface area (Å²) in [5.74, 6) is 1.40. The molecule has 0 spiro atoms. The second-order valence-corrected chi connectivity index (χ2v) is 7.30. The molecule has 22 heavy (non-hydrogen) atoms. The van der Waals surface area contributed by atoms with Gasteiger partial charge in [-0.25, -0.2) is 0 Å². The van der Waals surface area contributed by atoms with Crippen LogP contribution in [0.2, 0.25) is 0 Å². The third-order valence-corrected chi connectivity index (χ3v) is 6.34. The number of ether oxygens (including phenoxy) is 2. The highest BCUT2D eigenvalue weighted by Crippen LogP contribution is 2.49. The van der Waals surface area contributed by atoms with E-state index in [1.54, 1.807) is 34.8 Å². The Hall–Kier alpha value is -2.18. The minimum Gasteiger partial charge on any atom is -0.504 e. The molecule has 0 atom stereocenters. The first-order valence-corrected chi connectivity index (χ1v) is 8.44. The van der Waals surface area contributed by atoms with Crippen LogP contribution in [-0.2, 0) is 0 Å². The SMILES string of the molecule is Oc1cc2sc3c4cc5c(cc4sc3c2cc1O)OCCO5. The molecule has 1 aliphatic rings. The highest BCUT2D eigenvalue weighted by atomic mass is 32.1. The highest BCUT2D eigenvalue weighted by Gasteiger charge is 2.18. The van der Waals surface area contributed by atoms with Crippen LogP contribution in [0.15, 0.2) is 24.3 Å². The van der Waals surface area contributed by atoms with E-state index < -0.39 is 0 Å². The Bertz CT molecular complexity index is 1060. The van der Waals surface area contributed by atoms with E-state index in [4.69, 9.17) is 9.47 Å². The van der Waals surface area contributed by atoms with Gasteiger partial charge in [-0.3, -0.25) is 0 Å². The van der Waals surface area contributed by atoms with Crippen LogP contribution in [0.3, 0.4) is 0 Å². The summed E-state index contributed by atoms with van der Waals surface area (Å²) in [6.45, 7) is 1.15. The van der Waals surface area contributed by atoms with E-state index in [0.717, 1.165) is 41.1 Å². The first kappa shape index (κ1) is 12.4. The first-order chi connectivity index (χ1) is 10.7. The van der Waals surface area contributed by atoms with Gasteiger partial charge in [-0.2, -0.15) is 0 Å². The van der Waals surface area contributed by atoms with Gasteiger partial charge in [-0.05, 0) is 12.1 Å². The molecule has 6 heteroatoms. The predicted molar refractivity (Wildman–Crippen MR) is 89.0 cm³/mol. The minimum absolute atomic E-state index is 0.0835. The second-order valence-electron chi connectivity index (χ2n) is 5.19. The first-order valence-electron chi connectivity index (χ1n) is 6.81. The summed E-state index contributed by atoms with van der Waals surface area (Å²) >= 11 is 3.28. The highest BCUT2D eigenvalue weighted by molar-refractivity contribution is 7.36. The van der Waals surface area contributed by atoms with Gasteiger partial charge in [0, 0.05) is 32.3 Å². The van der Waals surface area contributed by atoms with E-state index in [0.29, 0.717) is 13.2 Å². The molecule has 0 saturated heterocycles. The summed E-state index contributed by atoms with van der Waals surface area (Å²) in [5, 5.41) is 21.5. The Morgan fingerprint density at radius 1 is 0.727 bits per heavy atom. The maximum absolute atomic E-state index is 9.76. The van der Waals surface area contributed by atoms with Crippen LogP contribution in [0.1, 0.15) is 0 Å². The fraction of sp³-hybridized carbons (Fsp3) is 0.125. The zero-order valence-electron chi connectivity index (χ0n) is 11.3. The lowest BCUT2D eigenvalue weighted by Gasteiger charge is -2.18. The van der Waals surface area contributed by atoms with E-state index in [1.807, 2.05) is 12.1 Å². The lowest BCUT2D eigenvalue weighted by molar-refractivity contribution is 0.172. The van der Waals surface area contributed by atoms with E-state index in [2.05, 4.69) is 0 Å². The van der Waals surface area contributed by atoms with Crippen molar-refractivity contribution >= 4 is 52.2 Å². The van der Waals surface area contributed by atoms with Gasteiger partial charge in [0.1, 0.15) is 13.2 Å². The van der Waals surface area contributed by atoms with Gasteiger partial charge >= 0.3 is 0 Å². The quantitative estimate of drug-likeness (QED) is 0.468. The van der Waals surface area contributed by atoms with Crippen molar-refractivity contribution in [3.05, 3.63) is 24.3 Å². The zero-order chi connectivity index (χ0) is 14.8. The number of benzene rings is 2. The largest absolute Gasteiger partial charge is 0.504 e. The van der Waals surface area contributed by atoms with Crippen LogP contribution in [0.25, 0.3) is 29.6 Å². The van der Waals surface area contributed by atoms with Gasteiger partial charge in [-0.1, -0.05) is 0 Å². The summed E-state index contributed by atoms with van der Waals surface area (Å²) in [6, 6.07) is 7.29. The molecule has 0 amide bonds. The minimum atomic E-state index is -0.0874. The molecule has 0 aliphatic carbocycles. The molecule has 0 radical (unpaired) electrons. The molecule has 1 aliphatic heterocycles. The molecule has 2 aromatic carbocycles. The zero-order valence-corrected chi connectivity index (χ0v) is 12.9. The Kier molecular flexibility index (Phi) is 2.35. The smallest absolute Gasteiger partial charge is 0.162 e. The molecular weight excluding hydrogens is 320 g/mol. The van der Waals surface area contributed by atoms with E-state index in [9.17, 15) is 10.2 Å². The van der Waals surface area contributed by atoms with Gasteiger partial charge in [0.2, 0.25) is 0 Å². The standard InChI is InChI=1S/C16H10O4S2/c17-9-3-7-13(5-10(9)18)21-16-8-4-11-12(20-2-1-19-11)6-14(8)22-15(7)16/h3-6,17-18H,1-2H2. The number of hydrogen-bond donors (Lipinski definition) is 2. The van der Waals surface area contributed by atoms with Crippen LogP contribution < -0.4 is 9.47 Å². The molecule has 0 fully saturated rings. The number of rotatable bonds is 0. The number of aromatic hydroxyl groups is 2. The lowest BCUT2D eigenvalue weighted by atomic mass is 10.2. The Labute approximate surface area is 132 Å². The summed E-state index contributed by atoms with van der Waals surface area (Å²) in [4.78, 5) is 0. The Balaban J connectivity index is 1.90. The topological polar surface area (TPSA) is 58.9 Å². The number of phenolic OH excluding ortho intramolecular Hbond substituents is 2. The molecule has 2 aromatic heterocycles. The average molecular weight is 330 g/mol. The van der Waals surface area contributed by atoms with Crippen LogP contribution in [0.4, 0.5) is 0 Å². The number of fused-ring (bicyclic) bond motifs is 6. The van der Waals surface area contributed by atoms with Crippen molar-refractivity contribution in [1.82, 2.24) is 0 Å². The normalized spacial score (nSPS) is 14.2. The molecule has 5 rings (SSSR count). The van der Waals surface area contributed by atoms with E-state index >= 15 is 0 Å². The van der Waals surface area contributed by atoms with Gasteiger partial charge < -0.3 is 19.7 Å². The van der Waals surface area contributed by atoms with Gasteiger partial charge in [-0.15, -0.1) is 22.7 Å². The van der Waals surface area contributed by atoms with E-state index in [1.165, 1.54) is 0 Å². The van der Waals surface area contributed by atoms with E-state index in [-0.39, 0.29) is 11.5 Å². The second kappa shape index (κ2) is 4.18. The Morgan fingerprint density at radius 3 is 2.00 bits per heavy atom. The fourth-order valence-corrected chi connectivity index (χ4v) is 5.48. The number of hydrogen-bond acceptors (Lipinski definition) is 6. The average Bonchev–Trinajstić information content (AvgIpc) is 3.02.